The number of aromatic nitrogens is 4. The molecule has 5 rings (SSSR count). The van der Waals surface area contributed by atoms with E-state index in [-0.39, 0.29) is 5.91 Å². The van der Waals surface area contributed by atoms with E-state index < -0.39 is 0 Å². The molecule has 0 saturated carbocycles. The number of para-hydroxylation sites is 2. The number of ether oxygens (including phenoxy) is 1. The van der Waals surface area contributed by atoms with Crippen LogP contribution in [0.5, 0.6) is 5.75 Å². The van der Waals surface area contributed by atoms with Gasteiger partial charge in [-0.1, -0.05) is 48.5 Å². The number of hydrogen-bond donors (Lipinski definition) is 1. The van der Waals surface area contributed by atoms with Crippen LogP contribution in [0.25, 0.3) is 5.69 Å². The topological polar surface area (TPSA) is 95.1 Å². The maximum atomic E-state index is 13.1. The van der Waals surface area contributed by atoms with E-state index in [0.717, 1.165) is 28.5 Å². The number of nitrogens with one attached hydrogen (secondary N) is 1. The van der Waals surface area contributed by atoms with Crippen LogP contribution < -0.4 is 10.1 Å². The van der Waals surface area contributed by atoms with Crippen molar-refractivity contribution in [3.8, 4) is 11.4 Å². The van der Waals surface area contributed by atoms with Crippen LogP contribution in [0.2, 0.25) is 0 Å². The molecular formula is C30H29N5O3. The summed E-state index contributed by atoms with van der Waals surface area (Å²) in [7, 11) is 0. The lowest BCUT2D eigenvalue weighted by atomic mass is 10.1. The monoisotopic (exact) mass is 507 g/mol. The smallest absolute Gasteiger partial charge is 0.278 e. The van der Waals surface area contributed by atoms with E-state index in [4.69, 9.17) is 9.15 Å². The Bertz CT molecular complexity index is 1510. The lowest BCUT2D eigenvalue weighted by Gasteiger charge is -2.08. The molecule has 0 saturated heterocycles. The van der Waals surface area contributed by atoms with Gasteiger partial charge >= 0.3 is 0 Å². The normalized spacial score (nSPS) is 10.9. The molecular weight excluding hydrogens is 478 g/mol. The molecule has 8 nitrogen and oxygen atoms in total. The highest BCUT2D eigenvalue weighted by molar-refractivity contribution is 6.03. The maximum absolute atomic E-state index is 13.1. The minimum Gasteiger partial charge on any atom is -0.493 e. The number of oxazole rings is 1. The molecule has 2 aromatic heterocycles. The third-order valence-electron chi connectivity index (χ3n) is 6.07. The predicted octanol–water partition coefficient (Wildman–Crippen LogP) is 5.53. The molecule has 0 aliphatic rings. The number of carbonyl (C=O) groups is 1. The van der Waals surface area contributed by atoms with Crippen molar-refractivity contribution in [2.24, 2.45) is 0 Å². The van der Waals surface area contributed by atoms with Gasteiger partial charge in [-0.2, -0.15) is 9.90 Å². The third-order valence-corrected chi connectivity index (χ3v) is 6.07. The minimum absolute atomic E-state index is 0.288. The van der Waals surface area contributed by atoms with E-state index in [1.165, 1.54) is 4.80 Å². The fraction of sp³-hybridized carbons (Fsp3) is 0.200. The molecule has 1 amide bonds. The van der Waals surface area contributed by atoms with E-state index in [1.807, 2.05) is 98.8 Å². The molecule has 0 aliphatic carbocycles. The van der Waals surface area contributed by atoms with E-state index >= 15 is 0 Å². The van der Waals surface area contributed by atoms with Crippen LogP contribution in [0.15, 0.2) is 89.3 Å². The molecule has 0 bridgehead atoms. The molecule has 0 unspecified atom stereocenters. The summed E-state index contributed by atoms with van der Waals surface area (Å²) >= 11 is 0. The number of carbonyl (C=O) groups excluding carboxylic acids is 1. The zero-order chi connectivity index (χ0) is 26.3. The molecule has 8 heteroatoms. The van der Waals surface area contributed by atoms with Gasteiger partial charge in [0.2, 0.25) is 0 Å². The minimum atomic E-state index is -0.288. The van der Waals surface area contributed by atoms with Crippen LogP contribution in [0.3, 0.4) is 0 Å². The van der Waals surface area contributed by atoms with Crippen molar-refractivity contribution in [1.29, 1.82) is 0 Å². The summed E-state index contributed by atoms with van der Waals surface area (Å²) in [5, 5.41) is 12.1. The van der Waals surface area contributed by atoms with E-state index in [2.05, 4.69) is 20.5 Å². The number of anilines is 1. The van der Waals surface area contributed by atoms with Crippen molar-refractivity contribution >= 4 is 11.6 Å². The first-order valence-corrected chi connectivity index (χ1v) is 12.6. The summed E-state index contributed by atoms with van der Waals surface area (Å²) < 4.78 is 11.5. The molecule has 2 heterocycles. The summed E-state index contributed by atoms with van der Waals surface area (Å²) in [5.41, 5.74) is 4.44. The Labute approximate surface area is 221 Å². The zero-order valence-electron chi connectivity index (χ0n) is 21.4. The van der Waals surface area contributed by atoms with Crippen molar-refractivity contribution < 1.29 is 13.9 Å². The summed E-state index contributed by atoms with van der Waals surface area (Å²) in [6, 6.07) is 26.9. The first kappa shape index (κ1) is 25.0. The fourth-order valence-electron chi connectivity index (χ4n) is 4.19. The fourth-order valence-corrected chi connectivity index (χ4v) is 4.19. The van der Waals surface area contributed by atoms with Gasteiger partial charge in [0.05, 0.1) is 23.7 Å². The van der Waals surface area contributed by atoms with E-state index in [9.17, 15) is 4.79 Å². The van der Waals surface area contributed by atoms with Crippen molar-refractivity contribution in [1.82, 2.24) is 20.0 Å². The lowest BCUT2D eigenvalue weighted by molar-refractivity contribution is 0.102. The molecule has 38 heavy (non-hydrogen) atoms. The molecule has 0 radical (unpaired) electrons. The Balaban J connectivity index is 1.28. The van der Waals surface area contributed by atoms with Gasteiger partial charge in [0.15, 0.2) is 11.6 Å². The Hall–Kier alpha value is -4.72. The number of benzene rings is 3. The van der Waals surface area contributed by atoms with Gasteiger partial charge in [0.25, 0.3) is 5.91 Å². The number of aryl methyl sites for hydroxylation is 4. The second-order valence-electron chi connectivity index (χ2n) is 8.92. The van der Waals surface area contributed by atoms with Gasteiger partial charge in [-0.3, -0.25) is 4.79 Å². The largest absolute Gasteiger partial charge is 0.493 e. The highest BCUT2D eigenvalue weighted by Gasteiger charge is 2.20. The van der Waals surface area contributed by atoms with Gasteiger partial charge in [-0.15, -0.1) is 5.10 Å². The summed E-state index contributed by atoms with van der Waals surface area (Å²) in [4.78, 5) is 19.1. The van der Waals surface area contributed by atoms with Gasteiger partial charge in [0, 0.05) is 19.0 Å². The molecule has 3 aromatic carbocycles. The van der Waals surface area contributed by atoms with E-state index in [0.29, 0.717) is 48.8 Å². The first-order chi connectivity index (χ1) is 18.5. The van der Waals surface area contributed by atoms with Crippen LogP contribution in [0, 0.1) is 13.8 Å². The van der Waals surface area contributed by atoms with Crippen LogP contribution in [0.1, 0.15) is 39.1 Å². The standard InChI is InChI=1S/C30H29N5O3/c1-21-27(31-22(2)38-21)18-19-37-26-15-9-10-23(20-26)16-17-28-29(30(36)32-24-11-5-3-6-12-24)34-35(33-28)25-13-7-4-8-14-25/h3-15,20H,16-19H2,1-2H3,(H,32,36). The second-order valence-corrected chi connectivity index (χ2v) is 8.92. The van der Waals surface area contributed by atoms with Crippen molar-refractivity contribution in [3.05, 3.63) is 119 Å². The van der Waals surface area contributed by atoms with Gasteiger partial charge < -0.3 is 14.5 Å². The first-order valence-electron chi connectivity index (χ1n) is 12.6. The van der Waals surface area contributed by atoms with Crippen LogP contribution in [-0.2, 0) is 19.3 Å². The zero-order valence-corrected chi connectivity index (χ0v) is 21.4. The highest BCUT2D eigenvalue weighted by Crippen LogP contribution is 2.19. The Kier molecular flexibility index (Phi) is 7.59. The van der Waals surface area contributed by atoms with Crippen molar-refractivity contribution in [3.63, 3.8) is 0 Å². The Morgan fingerprint density at radius 1 is 0.868 bits per heavy atom. The summed E-state index contributed by atoms with van der Waals surface area (Å²) in [6.45, 7) is 4.26. The average molecular weight is 508 g/mol. The van der Waals surface area contributed by atoms with Crippen molar-refractivity contribution in [2.75, 3.05) is 11.9 Å². The lowest BCUT2D eigenvalue weighted by Crippen LogP contribution is -2.15. The maximum Gasteiger partial charge on any atom is 0.278 e. The summed E-state index contributed by atoms with van der Waals surface area (Å²) in [6.07, 6.45) is 1.90. The number of hydrogen-bond acceptors (Lipinski definition) is 6. The second kappa shape index (κ2) is 11.6. The molecule has 0 aliphatic heterocycles. The van der Waals surface area contributed by atoms with Crippen LogP contribution in [0.4, 0.5) is 5.69 Å². The molecule has 0 spiro atoms. The Morgan fingerprint density at radius 2 is 1.63 bits per heavy atom. The predicted molar refractivity (Wildman–Crippen MR) is 145 cm³/mol. The highest BCUT2D eigenvalue weighted by atomic mass is 16.5. The summed E-state index contributed by atoms with van der Waals surface area (Å²) in [5.74, 6) is 2.00. The average Bonchev–Trinajstić information content (AvgIpc) is 3.51. The third kappa shape index (κ3) is 6.15. The molecule has 1 N–H and O–H groups in total. The van der Waals surface area contributed by atoms with Gasteiger partial charge in [0.1, 0.15) is 11.5 Å². The number of rotatable bonds is 10. The molecule has 0 atom stereocenters. The van der Waals surface area contributed by atoms with E-state index in [1.54, 1.807) is 0 Å². The number of amides is 1. The SMILES string of the molecule is Cc1nc(CCOc2cccc(CCc3nn(-c4ccccc4)nc3C(=O)Nc3ccccc3)c2)c(C)o1. The van der Waals surface area contributed by atoms with Gasteiger partial charge in [-0.25, -0.2) is 4.98 Å². The van der Waals surface area contributed by atoms with Crippen molar-refractivity contribution in [2.45, 2.75) is 33.1 Å². The molecule has 0 fully saturated rings. The quantitative estimate of drug-likeness (QED) is 0.267. The molecule has 5 aromatic rings. The number of nitrogens with zero attached hydrogens (tertiary/aromatic N) is 4. The Morgan fingerprint density at radius 3 is 2.37 bits per heavy atom. The van der Waals surface area contributed by atoms with Crippen LogP contribution >= 0.6 is 0 Å². The van der Waals surface area contributed by atoms with Gasteiger partial charge in [-0.05, 0) is 61.7 Å². The molecule has 192 valence electrons. The van der Waals surface area contributed by atoms with Crippen LogP contribution in [-0.4, -0.2) is 32.5 Å².